The van der Waals surface area contributed by atoms with Gasteiger partial charge in [0.2, 0.25) is 5.91 Å². The van der Waals surface area contributed by atoms with Crippen LogP contribution < -0.4 is 5.32 Å². The fourth-order valence-corrected chi connectivity index (χ4v) is 2.44. The van der Waals surface area contributed by atoms with Gasteiger partial charge in [-0.15, -0.1) is 0 Å². The lowest BCUT2D eigenvalue weighted by Gasteiger charge is -2.27. The van der Waals surface area contributed by atoms with Gasteiger partial charge in [-0.3, -0.25) is 9.59 Å². The zero-order valence-corrected chi connectivity index (χ0v) is 9.45. The summed E-state index contributed by atoms with van der Waals surface area (Å²) in [6.07, 6.45) is 5.69. The van der Waals surface area contributed by atoms with Gasteiger partial charge in [0.15, 0.2) is 0 Å². The van der Waals surface area contributed by atoms with Gasteiger partial charge in [-0.2, -0.15) is 0 Å². The molecule has 4 heteroatoms. The first kappa shape index (κ1) is 11.4. The minimum Gasteiger partial charge on any atom is -0.481 e. The average molecular weight is 225 g/mol. The van der Waals surface area contributed by atoms with E-state index in [0.717, 1.165) is 25.8 Å². The Labute approximate surface area is 95.4 Å². The second-order valence-corrected chi connectivity index (χ2v) is 5.02. The Morgan fingerprint density at radius 2 is 1.69 bits per heavy atom. The molecular weight excluding hydrogens is 206 g/mol. The summed E-state index contributed by atoms with van der Waals surface area (Å²) in [6.45, 7) is 0.738. The molecule has 0 radical (unpaired) electrons. The normalized spacial score (nSPS) is 29.8. The molecule has 16 heavy (non-hydrogen) atoms. The summed E-state index contributed by atoms with van der Waals surface area (Å²) < 4.78 is 0. The molecule has 0 aliphatic heterocycles. The Kier molecular flexibility index (Phi) is 3.46. The number of hydrogen-bond acceptors (Lipinski definition) is 2. The maximum Gasteiger partial charge on any atom is 0.307 e. The van der Waals surface area contributed by atoms with Crippen LogP contribution in [0, 0.1) is 17.8 Å². The van der Waals surface area contributed by atoms with Crippen molar-refractivity contribution in [2.24, 2.45) is 17.8 Å². The second kappa shape index (κ2) is 4.85. The van der Waals surface area contributed by atoms with Gasteiger partial charge < -0.3 is 10.4 Å². The number of carboxylic acids is 1. The SMILES string of the molecule is O=C(O)[C@H]1CCCC[C@H]1C(=O)NCC1CC1. The van der Waals surface area contributed by atoms with E-state index in [4.69, 9.17) is 5.11 Å². The molecule has 1 amide bonds. The van der Waals surface area contributed by atoms with Gasteiger partial charge in [0.05, 0.1) is 11.8 Å². The summed E-state index contributed by atoms with van der Waals surface area (Å²) in [5.41, 5.74) is 0. The number of carbonyl (C=O) groups excluding carboxylic acids is 1. The predicted molar refractivity (Wildman–Crippen MR) is 58.8 cm³/mol. The Hall–Kier alpha value is -1.06. The molecule has 0 heterocycles. The number of hydrogen-bond donors (Lipinski definition) is 2. The molecule has 0 aromatic carbocycles. The third-order valence-corrected chi connectivity index (χ3v) is 3.68. The van der Waals surface area contributed by atoms with Crippen LogP contribution in [0.4, 0.5) is 0 Å². The van der Waals surface area contributed by atoms with Crippen molar-refractivity contribution in [1.82, 2.24) is 5.32 Å². The van der Waals surface area contributed by atoms with E-state index in [0.29, 0.717) is 12.3 Å². The lowest BCUT2D eigenvalue weighted by atomic mass is 9.78. The van der Waals surface area contributed by atoms with Gasteiger partial charge in [0, 0.05) is 6.54 Å². The summed E-state index contributed by atoms with van der Waals surface area (Å²) in [7, 11) is 0. The van der Waals surface area contributed by atoms with E-state index in [2.05, 4.69) is 5.32 Å². The van der Waals surface area contributed by atoms with E-state index in [1.54, 1.807) is 0 Å². The molecule has 2 rings (SSSR count). The number of nitrogens with one attached hydrogen (secondary N) is 1. The minimum atomic E-state index is -0.814. The van der Waals surface area contributed by atoms with Gasteiger partial charge in [-0.1, -0.05) is 12.8 Å². The van der Waals surface area contributed by atoms with Gasteiger partial charge in [0.25, 0.3) is 0 Å². The largest absolute Gasteiger partial charge is 0.481 e. The Morgan fingerprint density at radius 1 is 1.06 bits per heavy atom. The lowest BCUT2D eigenvalue weighted by Crippen LogP contribution is -2.40. The van der Waals surface area contributed by atoms with Gasteiger partial charge >= 0.3 is 5.97 Å². The van der Waals surface area contributed by atoms with E-state index < -0.39 is 11.9 Å². The van der Waals surface area contributed by atoms with Crippen LogP contribution in [0.2, 0.25) is 0 Å². The standard InChI is InChI=1S/C12H19NO3/c14-11(13-7-8-5-6-8)9-3-1-2-4-10(9)12(15)16/h8-10H,1-7H2,(H,13,14)(H,15,16)/t9-,10+/m1/s1. The van der Waals surface area contributed by atoms with Gasteiger partial charge in [0.1, 0.15) is 0 Å². The van der Waals surface area contributed by atoms with Crippen LogP contribution in [-0.4, -0.2) is 23.5 Å². The molecule has 0 unspecified atom stereocenters. The van der Waals surface area contributed by atoms with E-state index >= 15 is 0 Å². The summed E-state index contributed by atoms with van der Waals surface area (Å²) >= 11 is 0. The van der Waals surface area contributed by atoms with Crippen LogP contribution in [0.5, 0.6) is 0 Å². The summed E-state index contributed by atoms with van der Waals surface area (Å²) in [4.78, 5) is 22.9. The molecule has 0 bridgehead atoms. The molecule has 2 saturated carbocycles. The van der Waals surface area contributed by atoms with Crippen molar-refractivity contribution in [3.8, 4) is 0 Å². The fourth-order valence-electron chi connectivity index (χ4n) is 2.44. The first-order valence-corrected chi connectivity index (χ1v) is 6.19. The zero-order chi connectivity index (χ0) is 11.5. The molecule has 4 nitrogen and oxygen atoms in total. The van der Waals surface area contributed by atoms with Crippen LogP contribution >= 0.6 is 0 Å². The topological polar surface area (TPSA) is 66.4 Å². The summed E-state index contributed by atoms with van der Waals surface area (Å²) in [5.74, 6) is -0.973. The molecule has 0 spiro atoms. The minimum absolute atomic E-state index is 0.0426. The lowest BCUT2D eigenvalue weighted by molar-refractivity contribution is -0.148. The maximum atomic E-state index is 11.9. The molecule has 2 aliphatic rings. The third kappa shape index (κ3) is 2.74. The molecule has 2 atom stereocenters. The fraction of sp³-hybridized carbons (Fsp3) is 0.833. The number of aliphatic carboxylic acids is 1. The number of rotatable bonds is 4. The van der Waals surface area contributed by atoms with E-state index in [9.17, 15) is 9.59 Å². The van der Waals surface area contributed by atoms with Crippen molar-refractivity contribution in [2.75, 3.05) is 6.54 Å². The molecule has 2 N–H and O–H groups in total. The van der Waals surface area contributed by atoms with Crippen LogP contribution in [0.3, 0.4) is 0 Å². The third-order valence-electron chi connectivity index (χ3n) is 3.68. The van der Waals surface area contributed by atoms with Crippen LogP contribution in [-0.2, 0) is 9.59 Å². The van der Waals surface area contributed by atoms with Gasteiger partial charge in [-0.05, 0) is 31.6 Å². The van der Waals surface area contributed by atoms with E-state index in [1.165, 1.54) is 12.8 Å². The van der Waals surface area contributed by atoms with Crippen molar-refractivity contribution >= 4 is 11.9 Å². The highest BCUT2D eigenvalue weighted by Crippen LogP contribution is 2.31. The molecule has 0 saturated heterocycles. The number of amides is 1. The molecule has 2 fully saturated rings. The summed E-state index contributed by atoms with van der Waals surface area (Å²) in [5, 5.41) is 12.0. The molecule has 90 valence electrons. The first-order chi connectivity index (χ1) is 7.68. The highest BCUT2D eigenvalue weighted by molar-refractivity contribution is 5.84. The Morgan fingerprint density at radius 3 is 2.25 bits per heavy atom. The van der Waals surface area contributed by atoms with Crippen molar-refractivity contribution in [3.63, 3.8) is 0 Å². The summed E-state index contributed by atoms with van der Waals surface area (Å²) in [6, 6.07) is 0. The predicted octanol–water partition coefficient (Wildman–Crippen LogP) is 1.40. The van der Waals surface area contributed by atoms with Crippen LogP contribution in [0.25, 0.3) is 0 Å². The quantitative estimate of drug-likeness (QED) is 0.760. The number of carboxylic acid groups (broad SMARTS) is 1. The van der Waals surface area contributed by atoms with Gasteiger partial charge in [-0.25, -0.2) is 0 Å². The van der Waals surface area contributed by atoms with Crippen molar-refractivity contribution < 1.29 is 14.7 Å². The second-order valence-electron chi connectivity index (χ2n) is 5.02. The Balaban J connectivity index is 1.87. The van der Waals surface area contributed by atoms with Crippen LogP contribution in [0.1, 0.15) is 38.5 Å². The first-order valence-electron chi connectivity index (χ1n) is 6.19. The van der Waals surface area contributed by atoms with Crippen molar-refractivity contribution in [2.45, 2.75) is 38.5 Å². The molecule has 0 aromatic rings. The highest BCUT2D eigenvalue weighted by atomic mass is 16.4. The van der Waals surface area contributed by atoms with Crippen molar-refractivity contribution in [1.29, 1.82) is 0 Å². The Bertz CT molecular complexity index is 286. The number of carbonyl (C=O) groups is 2. The maximum absolute atomic E-state index is 11.9. The molecule has 2 aliphatic carbocycles. The zero-order valence-electron chi connectivity index (χ0n) is 9.45. The smallest absolute Gasteiger partial charge is 0.307 e. The monoisotopic (exact) mass is 225 g/mol. The van der Waals surface area contributed by atoms with E-state index in [1.807, 2.05) is 0 Å². The average Bonchev–Trinajstić information content (AvgIpc) is 3.09. The van der Waals surface area contributed by atoms with E-state index in [-0.39, 0.29) is 11.8 Å². The van der Waals surface area contributed by atoms with Crippen LogP contribution in [0.15, 0.2) is 0 Å². The molecular formula is C12H19NO3. The highest BCUT2D eigenvalue weighted by Gasteiger charge is 2.36. The molecule has 0 aromatic heterocycles. The van der Waals surface area contributed by atoms with Crippen molar-refractivity contribution in [3.05, 3.63) is 0 Å².